The molecule has 24 heavy (non-hydrogen) atoms. The second kappa shape index (κ2) is 7.02. The summed E-state index contributed by atoms with van der Waals surface area (Å²) in [6.07, 6.45) is 14.2. The number of hydrogen-bond donors (Lipinski definition) is 0. The number of aryl methyl sites for hydroxylation is 1. The van der Waals surface area contributed by atoms with Crippen molar-refractivity contribution in [2.24, 2.45) is 23.7 Å². The van der Waals surface area contributed by atoms with E-state index in [0.717, 1.165) is 30.0 Å². The molecule has 2 saturated carbocycles. The van der Waals surface area contributed by atoms with Crippen LogP contribution in [0.5, 0.6) is 0 Å². The summed E-state index contributed by atoms with van der Waals surface area (Å²) >= 11 is 0. The van der Waals surface area contributed by atoms with Gasteiger partial charge in [0.05, 0.1) is 6.33 Å². The van der Waals surface area contributed by atoms with Gasteiger partial charge in [0.15, 0.2) is 0 Å². The van der Waals surface area contributed by atoms with Crippen LogP contribution >= 0.6 is 0 Å². The number of benzene rings is 1. The van der Waals surface area contributed by atoms with Crippen LogP contribution < -0.4 is 0 Å². The topological polar surface area (TPSA) is 0 Å². The average Bonchev–Trinajstić information content (AvgIpc) is 2.61. The molecule has 0 aliphatic heterocycles. The Morgan fingerprint density at radius 2 is 1.79 bits per heavy atom. The van der Waals surface area contributed by atoms with E-state index in [1.54, 1.807) is 22.8 Å². The first kappa shape index (κ1) is 16.4. The smallest absolute Gasteiger partial charge is 0.0829 e. The van der Waals surface area contributed by atoms with Gasteiger partial charge in [-0.25, -0.2) is 4.39 Å². The predicted molar refractivity (Wildman–Crippen MR) is 98.8 cm³/mol. The summed E-state index contributed by atoms with van der Waals surface area (Å²) in [5, 5.41) is 0. The van der Waals surface area contributed by atoms with Crippen LogP contribution in [0.4, 0.5) is 4.39 Å². The summed E-state index contributed by atoms with van der Waals surface area (Å²) in [4.78, 5) is 0. The lowest BCUT2D eigenvalue weighted by molar-refractivity contribution is 0.133. The van der Waals surface area contributed by atoms with E-state index in [2.05, 4.69) is 25.1 Å². The maximum atomic E-state index is 12.5. The van der Waals surface area contributed by atoms with E-state index >= 15 is 0 Å². The average molecular weight is 326 g/mol. The van der Waals surface area contributed by atoms with E-state index in [1.165, 1.54) is 57.8 Å². The second-order valence-electron chi connectivity index (χ2n) is 8.80. The fraction of sp³-hybridized carbons (Fsp3) is 0.652. The van der Waals surface area contributed by atoms with Gasteiger partial charge in [-0.2, -0.15) is 0 Å². The molecule has 1 aromatic carbocycles. The molecule has 0 bridgehead atoms. The zero-order valence-corrected chi connectivity index (χ0v) is 15.0. The molecular weight excluding hydrogens is 295 g/mol. The Morgan fingerprint density at radius 3 is 2.67 bits per heavy atom. The number of allylic oxidation sites excluding steroid dienone is 1. The zero-order valence-electron chi connectivity index (χ0n) is 15.0. The van der Waals surface area contributed by atoms with E-state index in [0.29, 0.717) is 5.92 Å². The Balaban J connectivity index is 1.44. The van der Waals surface area contributed by atoms with Crippen LogP contribution in [0.3, 0.4) is 0 Å². The zero-order chi connectivity index (χ0) is 16.5. The molecule has 0 nitrogen and oxygen atoms in total. The third-order valence-electron chi connectivity index (χ3n) is 7.18. The molecule has 0 amide bonds. The fourth-order valence-electron chi connectivity index (χ4n) is 5.72. The molecule has 130 valence electrons. The van der Waals surface area contributed by atoms with Crippen LogP contribution in [-0.2, 0) is 12.8 Å². The molecule has 4 rings (SSSR count). The first-order valence-electron chi connectivity index (χ1n) is 10.1. The third kappa shape index (κ3) is 3.32. The van der Waals surface area contributed by atoms with Gasteiger partial charge in [-0.1, -0.05) is 31.2 Å². The number of hydrogen-bond acceptors (Lipinski definition) is 0. The molecule has 2 fully saturated rings. The monoisotopic (exact) mass is 326 g/mol. The summed E-state index contributed by atoms with van der Waals surface area (Å²) in [6, 6.07) is 7.40. The lowest BCUT2D eigenvalue weighted by Gasteiger charge is -2.42. The Bertz CT molecular complexity index is 602. The van der Waals surface area contributed by atoms with E-state index in [1.807, 2.05) is 0 Å². The first-order valence-corrected chi connectivity index (χ1v) is 10.1. The van der Waals surface area contributed by atoms with Gasteiger partial charge in [0, 0.05) is 0 Å². The third-order valence-corrected chi connectivity index (χ3v) is 7.18. The standard InChI is InChI=1S/C23H31F/c1-16-2-4-20-14-22(8-6-18(20)12-16)23-9-7-19-13-17(10-11-24)3-5-21(19)15-23/h6,8,10-11,14,16-17,19,21,23H,2-5,7,9,12-13,15H2,1H3/b11-10+. The van der Waals surface area contributed by atoms with Crippen molar-refractivity contribution >= 4 is 0 Å². The minimum absolute atomic E-state index is 0.499. The van der Waals surface area contributed by atoms with E-state index < -0.39 is 0 Å². The summed E-state index contributed by atoms with van der Waals surface area (Å²) in [5.41, 5.74) is 4.83. The number of fused-ring (bicyclic) bond motifs is 2. The molecule has 0 N–H and O–H groups in total. The van der Waals surface area contributed by atoms with Crippen molar-refractivity contribution in [2.45, 2.75) is 70.6 Å². The van der Waals surface area contributed by atoms with Gasteiger partial charge in [-0.3, -0.25) is 0 Å². The second-order valence-corrected chi connectivity index (χ2v) is 8.80. The lowest BCUT2D eigenvalue weighted by Crippen LogP contribution is -2.30. The molecule has 0 saturated heterocycles. The summed E-state index contributed by atoms with van der Waals surface area (Å²) in [5.74, 6) is 3.84. The van der Waals surface area contributed by atoms with E-state index in [4.69, 9.17) is 0 Å². The quantitative estimate of drug-likeness (QED) is 0.574. The van der Waals surface area contributed by atoms with Gasteiger partial charge in [-0.15, -0.1) is 0 Å². The summed E-state index contributed by atoms with van der Waals surface area (Å²) < 4.78 is 12.5. The maximum absolute atomic E-state index is 12.5. The molecule has 0 spiro atoms. The van der Waals surface area contributed by atoms with Gasteiger partial charge >= 0.3 is 0 Å². The molecule has 3 aliphatic rings. The van der Waals surface area contributed by atoms with Gasteiger partial charge in [0.25, 0.3) is 0 Å². The molecule has 0 heterocycles. The SMILES string of the molecule is CC1CCc2cc(C3CCC4CC(/C=C/F)CCC4C3)ccc2C1. The molecule has 5 unspecified atom stereocenters. The highest BCUT2D eigenvalue weighted by molar-refractivity contribution is 5.36. The Labute approximate surface area is 146 Å². The van der Waals surface area contributed by atoms with Gasteiger partial charge in [0.2, 0.25) is 0 Å². The molecule has 0 radical (unpaired) electrons. The maximum Gasteiger partial charge on any atom is 0.0829 e. The first-order chi connectivity index (χ1) is 11.7. The van der Waals surface area contributed by atoms with Crippen LogP contribution in [0.1, 0.15) is 74.5 Å². The van der Waals surface area contributed by atoms with E-state index in [9.17, 15) is 4.39 Å². The number of halogens is 1. The Morgan fingerprint density at radius 1 is 0.958 bits per heavy atom. The van der Waals surface area contributed by atoms with Crippen LogP contribution in [0, 0.1) is 23.7 Å². The van der Waals surface area contributed by atoms with Crippen LogP contribution in [0.25, 0.3) is 0 Å². The van der Waals surface area contributed by atoms with Gasteiger partial charge in [-0.05, 0) is 104 Å². The van der Waals surface area contributed by atoms with E-state index in [-0.39, 0.29) is 0 Å². The van der Waals surface area contributed by atoms with Crippen molar-refractivity contribution in [3.05, 3.63) is 47.3 Å². The van der Waals surface area contributed by atoms with Gasteiger partial charge in [0.1, 0.15) is 0 Å². The summed E-state index contributed by atoms with van der Waals surface area (Å²) in [7, 11) is 0. The van der Waals surface area contributed by atoms with Crippen LogP contribution in [0.15, 0.2) is 30.6 Å². The Hall–Kier alpha value is -1.11. The molecule has 1 aromatic rings. The molecule has 5 atom stereocenters. The van der Waals surface area contributed by atoms with Crippen molar-refractivity contribution < 1.29 is 4.39 Å². The highest BCUT2D eigenvalue weighted by Crippen LogP contribution is 2.48. The van der Waals surface area contributed by atoms with Crippen molar-refractivity contribution in [1.82, 2.24) is 0 Å². The fourth-order valence-corrected chi connectivity index (χ4v) is 5.72. The minimum Gasteiger partial charge on any atom is -0.216 e. The van der Waals surface area contributed by atoms with Crippen molar-refractivity contribution in [3.63, 3.8) is 0 Å². The summed E-state index contributed by atoms with van der Waals surface area (Å²) in [6.45, 7) is 2.38. The predicted octanol–water partition coefficient (Wildman–Crippen LogP) is 6.59. The highest BCUT2D eigenvalue weighted by atomic mass is 19.1. The van der Waals surface area contributed by atoms with Gasteiger partial charge < -0.3 is 0 Å². The lowest BCUT2D eigenvalue weighted by atomic mass is 9.63. The van der Waals surface area contributed by atoms with Crippen molar-refractivity contribution in [2.75, 3.05) is 0 Å². The molecule has 3 aliphatic carbocycles. The molecular formula is C23H31F. The molecule has 0 aromatic heterocycles. The highest BCUT2D eigenvalue weighted by Gasteiger charge is 2.35. The van der Waals surface area contributed by atoms with Crippen LogP contribution in [-0.4, -0.2) is 0 Å². The largest absolute Gasteiger partial charge is 0.216 e. The minimum atomic E-state index is 0.499. The van der Waals surface area contributed by atoms with Crippen molar-refractivity contribution in [3.8, 4) is 0 Å². The van der Waals surface area contributed by atoms with Crippen molar-refractivity contribution in [1.29, 1.82) is 0 Å². The van der Waals surface area contributed by atoms with Crippen LogP contribution in [0.2, 0.25) is 0 Å². The molecule has 1 heteroatoms. The Kier molecular flexibility index (Phi) is 4.79. The number of rotatable bonds is 2. The normalized spacial score (nSPS) is 36.3.